The zero-order valence-corrected chi connectivity index (χ0v) is 26.9. The van der Waals surface area contributed by atoms with Gasteiger partial charge in [-0.15, -0.1) is 0 Å². The van der Waals surface area contributed by atoms with Crippen LogP contribution in [-0.4, -0.2) is 176 Å². The zero-order valence-electron chi connectivity index (χ0n) is 24.2. The number of nitrogens with one attached hydrogen (secondary N) is 1. The van der Waals surface area contributed by atoms with Crippen LogP contribution in [0.1, 0.15) is 6.92 Å². The third kappa shape index (κ3) is 9.89. The summed E-state index contributed by atoms with van der Waals surface area (Å²) < 4.78 is 54.5. The monoisotopic (exact) mass is 778 g/mol. The molecule has 23 nitrogen and oxygen atoms in total. The second-order valence-corrected chi connectivity index (χ2v) is 11.2. The molecule has 15 atom stereocenters. The number of aliphatic imine (C=N–C) groups is 2. The normalized spacial score (nSPS) is 42.5. The molecule has 46 heavy (non-hydrogen) atoms. The smallest absolute Gasteiger partial charge is 0.394 e. The topological polar surface area (TPSA) is 411 Å². The van der Waals surface area contributed by atoms with Gasteiger partial charge in [0.05, 0.1) is 18.8 Å². The van der Waals surface area contributed by atoms with E-state index >= 15 is 0 Å². The number of rotatable bonds is 9. The van der Waals surface area contributed by atoms with E-state index in [4.69, 9.17) is 59.4 Å². The Kier molecular flexibility index (Phi) is 15.7. The Bertz CT molecular complexity index is 1160. The van der Waals surface area contributed by atoms with E-state index in [1.165, 1.54) is 14.0 Å². The Morgan fingerprint density at radius 2 is 1.41 bits per heavy atom. The van der Waals surface area contributed by atoms with Crippen LogP contribution in [0.25, 0.3) is 0 Å². The van der Waals surface area contributed by atoms with E-state index in [2.05, 4.69) is 15.3 Å². The SMILES string of the molecule is CN[C@@H]1[C@H](O[C@H]2[C@H](O[C@H]3[C@H](O)[C@@H](O)[C@H](N=C(N)N)[C@@H](O)[C@@H]3N=C(N)N)O[C@@H](C)[C@]2(O)C=O)O[C@@H](CO)[C@H](O)[C@H]1O.O=S(=O)(O)O.[99Tc]. The first-order chi connectivity index (χ1) is 20.7. The summed E-state index contributed by atoms with van der Waals surface area (Å²) in [6.07, 6.45) is -17.3. The summed E-state index contributed by atoms with van der Waals surface area (Å²) in [6.45, 7) is 0.620. The van der Waals surface area contributed by atoms with Crippen LogP contribution in [0, 0.1) is 0 Å². The number of aldehydes is 1. The van der Waals surface area contributed by atoms with E-state index in [-0.39, 0.29) is 26.4 Å². The number of carbonyl (C=O) groups is 1. The van der Waals surface area contributed by atoms with Gasteiger partial charge in [0, 0.05) is 20.1 Å². The molecule has 0 aromatic carbocycles. The first-order valence-electron chi connectivity index (χ1n) is 13.1. The van der Waals surface area contributed by atoms with Crippen LogP contribution in [-0.2, 0) is 54.2 Å². The van der Waals surface area contributed by atoms with Gasteiger partial charge in [-0.25, -0.2) is 9.98 Å². The maximum absolute atomic E-state index is 12.1. The maximum Gasteiger partial charge on any atom is 0.394 e. The van der Waals surface area contributed by atoms with Crippen molar-refractivity contribution >= 4 is 28.6 Å². The Balaban J connectivity index is 0.00000163. The summed E-state index contributed by atoms with van der Waals surface area (Å²) in [5.74, 6) is -1.03. The first kappa shape index (κ1) is 42.3. The van der Waals surface area contributed by atoms with Gasteiger partial charge >= 0.3 is 10.4 Å². The van der Waals surface area contributed by atoms with Gasteiger partial charge < -0.3 is 82.9 Å². The van der Waals surface area contributed by atoms with E-state index in [1.54, 1.807) is 0 Å². The van der Waals surface area contributed by atoms with E-state index in [0.717, 1.165) is 0 Å². The van der Waals surface area contributed by atoms with Crippen LogP contribution in [0.3, 0.4) is 0 Å². The van der Waals surface area contributed by atoms with Crippen LogP contribution >= 0.6 is 0 Å². The minimum Gasteiger partial charge on any atom is -0.394 e. The van der Waals surface area contributed by atoms with Crippen molar-refractivity contribution in [3.05, 3.63) is 0 Å². The molecule has 269 valence electrons. The number of guanidine groups is 2. The molecular formula is C21H41N7O16STc. The quantitative estimate of drug-likeness (QED) is 0.0447. The van der Waals surface area contributed by atoms with Crippen molar-refractivity contribution in [3.8, 4) is 0 Å². The Morgan fingerprint density at radius 1 is 0.891 bits per heavy atom. The molecule has 1 saturated carbocycles. The Labute approximate surface area is 275 Å². The fourth-order valence-corrected chi connectivity index (χ4v) is 5.08. The molecule has 2 aliphatic heterocycles. The van der Waals surface area contributed by atoms with E-state index < -0.39 is 120 Å². The molecule has 2 heterocycles. The molecule has 2 saturated heterocycles. The molecule has 0 bridgehead atoms. The van der Waals surface area contributed by atoms with Crippen molar-refractivity contribution in [2.75, 3.05) is 13.7 Å². The van der Waals surface area contributed by atoms with Crippen LogP contribution in [0.2, 0.25) is 0 Å². The number of nitrogens with zero attached hydrogens (tertiary/aromatic N) is 2. The molecule has 1 aliphatic carbocycles. The Morgan fingerprint density at radius 3 is 1.87 bits per heavy atom. The van der Waals surface area contributed by atoms with E-state index in [1.807, 2.05) is 0 Å². The fraction of sp³-hybridized carbons (Fsp3) is 0.857. The molecule has 3 fully saturated rings. The van der Waals surface area contributed by atoms with Gasteiger partial charge in [-0.2, -0.15) is 8.42 Å². The third-order valence-electron chi connectivity index (χ3n) is 7.34. The molecule has 1 radical (unpaired) electrons. The fourth-order valence-electron chi connectivity index (χ4n) is 5.08. The van der Waals surface area contributed by atoms with Gasteiger partial charge in [0.25, 0.3) is 0 Å². The van der Waals surface area contributed by atoms with Crippen molar-refractivity contribution in [2.24, 2.45) is 32.9 Å². The van der Waals surface area contributed by atoms with Crippen LogP contribution < -0.4 is 28.3 Å². The molecular weight excluding hydrogens is 737 g/mol. The van der Waals surface area contributed by atoms with E-state index in [0.29, 0.717) is 0 Å². The van der Waals surface area contributed by atoms with Crippen LogP contribution in [0.4, 0.5) is 0 Å². The molecule has 18 N–H and O–H groups in total. The summed E-state index contributed by atoms with van der Waals surface area (Å²) in [7, 11) is -3.25. The van der Waals surface area contributed by atoms with Crippen molar-refractivity contribution < 1.29 is 97.1 Å². The van der Waals surface area contributed by atoms with Gasteiger partial charge in [-0.1, -0.05) is 0 Å². The molecule has 25 heteroatoms. The zero-order chi connectivity index (χ0) is 34.6. The number of aliphatic hydroxyl groups is 7. The van der Waals surface area contributed by atoms with Crippen molar-refractivity contribution in [1.29, 1.82) is 0 Å². The molecule has 0 aromatic rings. The summed E-state index contributed by atoms with van der Waals surface area (Å²) in [4.78, 5) is 19.7. The minimum absolute atomic E-state index is 0. The number of hydrogen-bond donors (Lipinski definition) is 14. The average Bonchev–Trinajstić information content (AvgIpc) is 3.16. The van der Waals surface area contributed by atoms with Crippen LogP contribution in [0.15, 0.2) is 9.98 Å². The minimum atomic E-state index is -4.67. The summed E-state index contributed by atoms with van der Waals surface area (Å²) in [5.41, 5.74) is 19.4. The molecule has 0 aromatic heterocycles. The molecule has 0 amide bonds. The molecule has 0 spiro atoms. The predicted octanol–water partition coefficient (Wildman–Crippen LogP) is -8.82. The van der Waals surface area contributed by atoms with Crippen molar-refractivity contribution in [2.45, 2.75) is 98.2 Å². The summed E-state index contributed by atoms with van der Waals surface area (Å²) in [5, 5.41) is 76.6. The van der Waals surface area contributed by atoms with Gasteiger partial charge in [0.1, 0.15) is 60.9 Å². The largest absolute Gasteiger partial charge is 0.394 e. The van der Waals surface area contributed by atoms with Gasteiger partial charge in [-0.3, -0.25) is 13.9 Å². The van der Waals surface area contributed by atoms with Gasteiger partial charge in [0.2, 0.25) is 0 Å². The second kappa shape index (κ2) is 17.1. The van der Waals surface area contributed by atoms with Gasteiger partial charge in [0.15, 0.2) is 36.4 Å². The van der Waals surface area contributed by atoms with Crippen LogP contribution in [0.5, 0.6) is 0 Å². The van der Waals surface area contributed by atoms with Crippen molar-refractivity contribution in [3.63, 3.8) is 0 Å². The average molecular weight is 779 g/mol. The van der Waals surface area contributed by atoms with Crippen molar-refractivity contribution in [1.82, 2.24) is 5.32 Å². The summed E-state index contributed by atoms with van der Waals surface area (Å²) >= 11 is 0. The first-order valence-corrected chi connectivity index (χ1v) is 14.5. The molecule has 3 rings (SSSR count). The number of hydrogen-bond acceptors (Lipinski definition) is 17. The number of carbonyl (C=O) groups excluding carboxylic acids is 1. The second-order valence-electron chi connectivity index (χ2n) is 10.3. The molecule has 0 unspecified atom stereocenters. The predicted molar refractivity (Wildman–Crippen MR) is 147 cm³/mol. The van der Waals surface area contributed by atoms with E-state index in [9.17, 15) is 40.5 Å². The number of nitrogens with two attached hydrogens (primary N) is 4. The number of ether oxygens (including phenoxy) is 4. The standard InChI is InChI=1S/C21H39N7O12.H2O4S.Tc/c1-5-21(36,4-30)16(40-17-9(26-2)13(34)10(31)6(3-29)38-17)18(37-5)39-15-8(28-20(24)25)11(32)7(27-19(22)23)12(33)14(15)35;1-5(2,3)4;/h4-18,26,29,31-36H,3H2,1-2H3,(H4,22,23,27)(H4,24,25,28);(H2,1,2,3,4);/t5-,6-,7+,8-,9-,10-,11+,12-,13-,14+,15+,16-,17-,18-,21+;;/m0../s1/i;;1+1. The number of likely N-dealkylation sites (N-methyl/N-ethyl adjacent to an activating group) is 1. The van der Waals surface area contributed by atoms with Gasteiger partial charge in [-0.05, 0) is 14.0 Å². The Hall–Kier alpha value is -1.75. The maximum atomic E-state index is 12.1. The summed E-state index contributed by atoms with van der Waals surface area (Å²) in [6, 6.07) is -4.08. The third-order valence-corrected chi connectivity index (χ3v) is 7.34. The molecule has 3 aliphatic rings. The number of aliphatic hydroxyl groups excluding tert-OH is 6.